The van der Waals surface area contributed by atoms with Gasteiger partial charge in [-0.15, -0.1) is 0 Å². The molecule has 0 aliphatic carbocycles. The fraction of sp³-hybridized carbons (Fsp3) is 0.296. The molecule has 1 fully saturated rings. The van der Waals surface area contributed by atoms with Crippen molar-refractivity contribution in [1.82, 2.24) is 10.2 Å². The molecule has 0 radical (unpaired) electrons. The van der Waals surface area contributed by atoms with Gasteiger partial charge < -0.3 is 14.8 Å². The van der Waals surface area contributed by atoms with Crippen molar-refractivity contribution >= 4 is 28.5 Å². The average molecular weight is 461 g/mol. The van der Waals surface area contributed by atoms with Crippen LogP contribution in [0.5, 0.6) is 5.75 Å². The van der Waals surface area contributed by atoms with Crippen LogP contribution < -0.4 is 10.1 Å². The number of nitrogens with one attached hydrogen (secondary N) is 1. The maximum absolute atomic E-state index is 13.6. The minimum atomic E-state index is -1.33. The number of ether oxygens (including phenoxy) is 2. The van der Waals surface area contributed by atoms with Crippen LogP contribution in [-0.4, -0.2) is 50.0 Å². The van der Waals surface area contributed by atoms with E-state index >= 15 is 0 Å². The van der Waals surface area contributed by atoms with Gasteiger partial charge in [-0.1, -0.05) is 60.7 Å². The fourth-order valence-corrected chi connectivity index (χ4v) is 4.67. The van der Waals surface area contributed by atoms with E-state index < -0.39 is 11.3 Å². The zero-order valence-corrected chi connectivity index (χ0v) is 19.4. The summed E-state index contributed by atoms with van der Waals surface area (Å²) >= 11 is 0. The van der Waals surface area contributed by atoms with Crippen LogP contribution in [-0.2, 0) is 31.1 Å². The molecule has 0 spiro atoms. The Labute approximate surface area is 198 Å². The molecule has 7 nitrogen and oxygen atoms in total. The molecule has 3 aromatic rings. The molecule has 34 heavy (non-hydrogen) atoms. The van der Waals surface area contributed by atoms with Crippen molar-refractivity contribution < 1.29 is 23.9 Å². The number of benzene rings is 3. The molecule has 1 aliphatic rings. The molecule has 7 heteroatoms. The Morgan fingerprint density at radius 3 is 2.53 bits per heavy atom. The van der Waals surface area contributed by atoms with Gasteiger partial charge in [0.15, 0.2) is 0 Å². The van der Waals surface area contributed by atoms with E-state index in [1.807, 2.05) is 42.5 Å². The Hall–Kier alpha value is -3.71. The Kier molecular flexibility index (Phi) is 6.93. The van der Waals surface area contributed by atoms with Gasteiger partial charge in [0.1, 0.15) is 5.75 Å². The molecule has 4 rings (SSSR count). The predicted octanol–water partition coefficient (Wildman–Crippen LogP) is 3.20. The molecular weight excluding hydrogens is 432 g/mol. The second kappa shape index (κ2) is 10.1. The highest BCUT2D eigenvalue weighted by Crippen LogP contribution is 2.43. The lowest BCUT2D eigenvalue weighted by atomic mass is 9.75. The highest BCUT2D eigenvalue weighted by Gasteiger charge is 2.54. The number of rotatable bonds is 9. The lowest BCUT2D eigenvalue weighted by Gasteiger charge is -2.28. The topological polar surface area (TPSA) is 84.9 Å². The predicted molar refractivity (Wildman–Crippen MR) is 128 cm³/mol. The van der Waals surface area contributed by atoms with Crippen molar-refractivity contribution in [3.05, 3.63) is 77.9 Å². The molecule has 0 aromatic heterocycles. The molecule has 0 saturated carbocycles. The highest BCUT2D eigenvalue weighted by atomic mass is 16.5. The van der Waals surface area contributed by atoms with E-state index in [1.54, 1.807) is 24.3 Å². The van der Waals surface area contributed by atoms with Gasteiger partial charge in [-0.25, -0.2) is 0 Å². The van der Waals surface area contributed by atoms with E-state index in [0.717, 1.165) is 16.3 Å². The van der Waals surface area contributed by atoms with Crippen LogP contribution in [0.1, 0.15) is 24.0 Å². The number of methoxy groups -OCH3 is 2. The van der Waals surface area contributed by atoms with Gasteiger partial charge >= 0.3 is 0 Å². The molecular formula is C27H28N2O5. The largest absolute Gasteiger partial charge is 0.496 e. The summed E-state index contributed by atoms with van der Waals surface area (Å²) < 4.78 is 10.6. The van der Waals surface area contributed by atoms with Crippen molar-refractivity contribution in [2.75, 3.05) is 27.4 Å². The number of nitrogens with zero attached hydrogens (tertiary/aromatic N) is 1. The fourth-order valence-electron chi connectivity index (χ4n) is 4.67. The molecule has 1 saturated heterocycles. The third kappa shape index (κ3) is 4.39. The lowest BCUT2D eigenvalue weighted by Crippen LogP contribution is -2.43. The molecule has 3 amide bonds. The van der Waals surface area contributed by atoms with Crippen molar-refractivity contribution in [3.8, 4) is 5.75 Å². The minimum absolute atomic E-state index is 0.0996. The van der Waals surface area contributed by atoms with Gasteiger partial charge in [-0.05, 0) is 22.4 Å². The SMILES string of the molecule is COCCN1C(=O)CC(CC(=O)NCc2cccc3ccccc23)(c2ccccc2OC)C1=O. The Morgan fingerprint density at radius 1 is 1.00 bits per heavy atom. The van der Waals surface area contributed by atoms with Crippen LogP contribution >= 0.6 is 0 Å². The van der Waals surface area contributed by atoms with Gasteiger partial charge in [0, 0.05) is 32.1 Å². The summed E-state index contributed by atoms with van der Waals surface area (Å²) in [5.41, 5.74) is 0.185. The van der Waals surface area contributed by atoms with E-state index in [-0.39, 0.29) is 37.8 Å². The summed E-state index contributed by atoms with van der Waals surface area (Å²) in [6.07, 6.45) is -0.260. The lowest BCUT2D eigenvalue weighted by molar-refractivity contribution is -0.141. The third-order valence-corrected chi connectivity index (χ3v) is 6.37. The molecule has 176 valence electrons. The number of para-hydroxylation sites is 1. The maximum atomic E-state index is 13.6. The van der Waals surface area contributed by atoms with Gasteiger partial charge in [-0.3, -0.25) is 19.3 Å². The molecule has 1 unspecified atom stereocenters. The first kappa shape index (κ1) is 23.4. The Bertz CT molecular complexity index is 1220. The van der Waals surface area contributed by atoms with Crippen LogP contribution in [0.2, 0.25) is 0 Å². The quantitative estimate of drug-likeness (QED) is 0.496. The minimum Gasteiger partial charge on any atom is -0.496 e. The first-order valence-corrected chi connectivity index (χ1v) is 11.2. The van der Waals surface area contributed by atoms with Crippen LogP contribution in [0.15, 0.2) is 66.7 Å². The molecule has 1 aliphatic heterocycles. The van der Waals surface area contributed by atoms with Crippen molar-refractivity contribution in [2.24, 2.45) is 0 Å². The van der Waals surface area contributed by atoms with Crippen molar-refractivity contribution in [3.63, 3.8) is 0 Å². The van der Waals surface area contributed by atoms with E-state index in [4.69, 9.17) is 9.47 Å². The summed E-state index contributed by atoms with van der Waals surface area (Å²) in [4.78, 5) is 40.9. The number of hydrogen-bond donors (Lipinski definition) is 1. The number of hydrogen-bond acceptors (Lipinski definition) is 5. The number of carbonyl (C=O) groups excluding carboxylic acids is 3. The number of carbonyl (C=O) groups is 3. The van der Waals surface area contributed by atoms with Crippen molar-refractivity contribution in [1.29, 1.82) is 0 Å². The zero-order chi connectivity index (χ0) is 24.1. The van der Waals surface area contributed by atoms with Crippen LogP contribution in [0.4, 0.5) is 0 Å². The van der Waals surface area contributed by atoms with Gasteiger partial charge in [0.25, 0.3) is 0 Å². The Balaban J connectivity index is 1.62. The second-order valence-corrected chi connectivity index (χ2v) is 8.39. The van der Waals surface area contributed by atoms with Crippen molar-refractivity contribution in [2.45, 2.75) is 24.8 Å². The molecule has 0 bridgehead atoms. The molecule has 1 N–H and O–H groups in total. The average Bonchev–Trinajstić information content (AvgIpc) is 3.10. The number of likely N-dealkylation sites (tertiary alicyclic amines) is 1. The van der Waals surface area contributed by atoms with E-state index in [1.165, 1.54) is 19.1 Å². The first-order valence-electron chi connectivity index (χ1n) is 11.2. The van der Waals surface area contributed by atoms with Crippen LogP contribution in [0.3, 0.4) is 0 Å². The summed E-state index contributed by atoms with van der Waals surface area (Å²) in [6, 6.07) is 21.0. The van der Waals surface area contributed by atoms with E-state index in [2.05, 4.69) is 5.32 Å². The summed E-state index contributed by atoms with van der Waals surface area (Å²) in [7, 11) is 3.02. The third-order valence-electron chi connectivity index (χ3n) is 6.37. The standard InChI is InChI=1S/C27H28N2O5/c1-33-15-14-29-25(31)17-27(26(29)32,22-12-5-6-13-23(22)34-2)16-24(30)28-18-20-10-7-9-19-8-3-4-11-21(19)20/h3-13H,14-18H2,1-2H3,(H,28,30). The highest BCUT2D eigenvalue weighted by molar-refractivity contribution is 6.11. The van der Waals surface area contributed by atoms with Gasteiger partial charge in [0.05, 0.1) is 25.7 Å². The number of imide groups is 1. The molecule has 1 atom stereocenters. The van der Waals surface area contributed by atoms with Gasteiger partial charge in [0.2, 0.25) is 17.7 Å². The smallest absolute Gasteiger partial charge is 0.241 e. The summed E-state index contributed by atoms with van der Waals surface area (Å²) in [6.45, 7) is 0.688. The van der Waals surface area contributed by atoms with E-state index in [0.29, 0.717) is 17.9 Å². The van der Waals surface area contributed by atoms with Crippen LogP contribution in [0.25, 0.3) is 10.8 Å². The first-order chi connectivity index (χ1) is 16.5. The van der Waals surface area contributed by atoms with Gasteiger partial charge in [-0.2, -0.15) is 0 Å². The summed E-state index contributed by atoms with van der Waals surface area (Å²) in [5.74, 6) is -0.568. The molecule has 1 heterocycles. The number of amides is 3. The monoisotopic (exact) mass is 460 g/mol. The Morgan fingerprint density at radius 2 is 1.74 bits per heavy atom. The second-order valence-electron chi connectivity index (χ2n) is 8.39. The molecule has 3 aromatic carbocycles. The number of fused-ring (bicyclic) bond motifs is 1. The van der Waals surface area contributed by atoms with Crippen LogP contribution in [0, 0.1) is 0 Å². The van der Waals surface area contributed by atoms with E-state index in [9.17, 15) is 14.4 Å². The summed E-state index contributed by atoms with van der Waals surface area (Å²) in [5, 5.41) is 5.10. The zero-order valence-electron chi connectivity index (χ0n) is 19.4. The normalized spacial score (nSPS) is 17.9. The maximum Gasteiger partial charge on any atom is 0.241 e.